The molecule has 1 aromatic carbocycles. The van der Waals surface area contributed by atoms with Crippen LogP contribution >= 0.6 is 34.9 Å². The van der Waals surface area contributed by atoms with Crippen LogP contribution in [0.3, 0.4) is 0 Å². The van der Waals surface area contributed by atoms with Gasteiger partial charge in [0.25, 0.3) is 0 Å². The van der Waals surface area contributed by atoms with Gasteiger partial charge in [-0.3, -0.25) is 0 Å². The molecule has 0 amide bonds. The van der Waals surface area contributed by atoms with E-state index in [2.05, 4.69) is 28.4 Å². The van der Waals surface area contributed by atoms with E-state index in [1.807, 2.05) is 6.26 Å². The lowest BCUT2D eigenvalue weighted by Crippen LogP contribution is -2.33. The zero-order valence-electron chi connectivity index (χ0n) is 16.9. The highest BCUT2D eigenvalue weighted by Gasteiger charge is 2.33. The Labute approximate surface area is 186 Å². The molecule has 3 aromatic heterocycles. The van der Waals surface area contributed by atoms with Gasteiger partial charge in [0.15, 0.2) is 16.0 Å². The third-order valence-electron chi connectivity index (χ3n) is 5.63. The summed E-state index contributed by atoms with van der Waals surface area (Å²) < 4.78 is 21.4. The van der Waals surface area contributed by atoms with E-state index in [9.17, 15) is 4.39 Å². The number of fused-ring (bicyclic) bond motifs is 5. The van der Waals surface area contributed by atoms with E-state index < -0.39 is 0 Å². The van der Waals surface area contributed by atoms with E-state index in [-0.39, 0.29) is 11.4 Å². The predicted octanol–water partition coefficient (Wildman–Crippen LogP) is 5.73. The highest BCUT2D eigenvalue weighted by molar-refractivity contribution is 7.99. The van der Waals surface area contributed by atoms with Gasteiger partial charge in [0, 0.05) is 17.1 Å². The average molecular weight is 461 g/mol. The fourth-order valence-corrected chi connectivity index (χ4v) is 6.34. The summed E-state index contributed by atoms with van der Waals surface area (Å²) in [6.07, 6.45) is 3.84. The van der Waals surface area contributed by atoms with Crippen molar-refractivity contribution < 1.29 is 9.13 Å². The molecule has 4 aromatic rings. The predicted molar refractivity (Wildman–Crippen MR) is 121 cm³/mol. The van der Waals surface area contributed by atoms with Crippen molar-refractivity contribution in [3.63, 3.8) is 0 Å². The summed E-state index contributed by atoms with van der Waals surface area (Å²) in [7, 11) is 0. The lowest BCUT2D eigenvalue weighted by molar-refractivity contribution is -0.0542. The zero-order chi connectivity index (χ0) is 20.9. The van der Waals surface area contributed by atoms with E-state index >= 15 is 0 Å². The molecular formula is C21H21FN4OS3. The molecule has 1 aliphatic heterocycles. The molecule has 5 nitrogen and oxygen atoms in total. The van der Waals surface area contributed by atoms with Crippen molar-refractivity contribution in [2.45, 2.75) is 55.0 Å². The zero-order valence-corrected chi connectivity index (χ0v) is 19.4. The van der Waals surface area contributed by atoms with Crippen molar-refractivity contribution in [2.75, 3.05) is 6.26 Å². The molecule has 9 heteroatoms. The number of thiophene rings is 1. The molecule has 0 saturated heterocycles. The van der Waals surface area contributed by atoms with Gasteiger partial charge in [0.05, 0.1) is 17.6 Å². The molecule has 0 bridgehead atoms. The van der Waals surface area contributed by atoms with Crippen LogP contribution in [0.4, 0.5) is 4.39 Å². The maximum Gasteiger partial charge on any atom is 0.198 e. The summed E-state index contributed by atoms with van der Waals surface area (Å²) in [6.45, 7) is 4.97. The number of rotatable bonds is 5. The van der Waals surface area contributed by atoms with Gasteiger partial charge in [0.2, 0.25) is 0 Å². The first-order valence-corrected chi connectivity index (χ1v) is 12.8. The first-order chi connectivity index (χ1) is 14.5. The molecule has 0 spiro atoms. The van der Waals surface area contributed by atoms with Gasteiger partial charge in [-0.25, -0.2) is 13.8 Å². The molecule has 0 radical (unpaired) electrons. The number of hydrogen-bond acceptors (Lipinski definition) is 7. The Morgan fingerprint density at radius 2 is 2.03 bits per heavy atom. The molecule has 4 heterocycles. The van der Waals surface area contributed by atoms with Crippen LogP contribution < -0.4 is 0 Å². The molecule has 0 fully saturated rings. The number of aromatic nitrogens is 4. The quantitative estimate of drug-likeness (QED) is 0.280. The first-order valence-electron chi connectivity index (χ1n) is 9.76. The summed E-state index contributed by atoms with van der Waals surface area (Å²) >= 11 is 4.88. The Morgan fingerprint density at radius 3 is 2.77 bits per heavy atom. The number of nitrogens with zero attached hydrogens (tertiary/aromatic N) is 4. The standard InChI is InChI=1S/C21H21FN4OS3/c1-4-21(2)9-14-15(10-27-21)30-18-16(14)17-24-25-20(26(17)19(23-18)28-3)29-11-12-5-7-13(22)8-6-12/h5-8H,4,9-11H2,1-3H3. The molecule has 1 unspecified atom stereocenters. The van der Waals surface area contributed by atoms with Crippen molar-refractivity contribution >= 4 is 50.7 Å². The van der Waals surface area contributed by atoms with E-state index in [4.69, 9.17) is 9.72 Å². The van der Waals surface area contributed by atoms with Crippen LogP contribution in [0, 0.1) is 5.82 Å². The SMILES string of the molecule is CCC1(C)Cc2c(sc3nc(SC)n4c(SCc5ccc(F)cc5)nnc4c23)CO1. The normalized spacial score (nSPS) is 18.9. The van der Waals surface area contributed by atoms with E-state index in [0.717, 1.165) is 44.6 Å². The van der Waals surface area contributed by atoms with Gasteiger partial charge >= 0.3 is 0 Å². The highest BCUT2D eigenvalue weighted by atomic mass is 32.2. The fourth-order valence-electron chi connectivity index (χ4n) is 3.70. The minimum Gasteiger partial charge on any atom is -0.369 e. The fraction of sp³-hybridized carbons (Fsp3) is 0.381. The monoisotopic (exact) mass is 460 g/mol. The molecule has 0 aliphatic carbocycles. The van der Waals surface area contributed by atoms with Gasteiger partial charge in [-0.2, -0.15) is 0 Å². The van der Waals surface area contributed by atoms with Crippen molar-refractivity contribution in [3.8, 4) is 0 Å². The average Bonchev–Trinajstić information content (AvgIpc) is 3.33. The molecule has 0 N–H and O–H groups in total. The number of thioether (sulfide) groups is 2. The smallest absolute Gasteiger partial charge is 0.198 e. The number of hydrogen-bond donors (Lipinski definition) is 0. The van der Waals surface area contributed by atoms with E-state index in [1.165, 1.54) is 22.6 Å². The number of halogens is 1. The second-order valence-electron chi connectivity index (χ2n) is 7.61. The van der Waals surface area contributed by atoms with Crippen LogP contribution in [-0.2, 0) is 23.5 Å². The van der Waals surface area contributed by atoms with Crippen LogP contribution in [0.5, 0.6) is 0 Å². The van der Waals surface area contributed by atoms with Crippen LogP contribution in [-0.4, -0.2) is 31.4 Å². The van der Waals surface area contributed by atoms with Crippen LogP contribution in [0.15, 0.2) is 34.6 Å². The molecule has 5 rings (SSSR count). The molecule has 0 saturated carbocycles. The minimum atomic E-state index is -0.224. The number of ether oxygens (including phenoxy) is 1. The van der Waals surface area contributed by atoms with Crippen LogP contribution in [0.1, 0.15) is 36.3 Å². The molecule has 30 heavy (non-hydrogen) atoms. The van der Waals surface area contributed by atoms with Gasteiger partial charge in [-0.05, 0) is 42.9 Å². The van der Waals surface area contributed by atoms with Crippen molar-refractivity contribution in [1.29, 1.82) is 0 Å². The van der Waals surface area contributed by atoms with Gasteiger partial charge in [-0.15, -0.1) is 21.5 Å². The van der Waals surface area contributed by atoms with Gasteiger partial charge in [0.1, 0.15) is 10.6 Å². The molecule has 156 valence electrons. The van der Waals surface area contributed by atoms with Crippen molar-refractivity contribution in [2.24, 2.45) is 0 Å². The molecule has 1 aliphatic rings. The molecular weight excluding hydrogens is 439 g/mol. The Hall–Kier alpha value is -1.68. The summed E-state index contributed by atoms with van der Waals surface area (Å²) in [5.41, 5.74) is 3.06. The summed E-state index contributed by atoms with van der Waals surface area (Å²) in [5.74, 6) is 0.467. The van der Waals surface area contributed by atoms with Crippen LogP contribution in [0.2, 0.25) is 0 Å². The Kier molecular flexibility index (Phi) is 5.25. The Bertz CT molecular complexity index is 1240. The minimum absolute atomic E-state index is 0.156. The second kappa shape index (κ2) is 7.78. The molecule has 1 atom stereocenters. The summed E-state index contributed by atoms with van der Waals surface area (Å²) in [5, 5.41) is 11.9. The summed E-state index contributed by atoms with van der Waals surface area (Å²) in [4.78, 5) is 7.19. The van der Waals surface area contributed by atoms with Gasteiger partial charge < -0.3 is 4.74 Å². The van der Waals surface area contributed by atoms with Crippen molar-refractivity contribution in [3.05, 3.63) is 46.1 Å². The maximum absolute atomic E-state index is 13.2. The maximum atomic E-state index is 13.2. The largest absolute Gasteiger partial charge is 0.369 e. The lowest BCUT2D eigenvalue weighted by atomic mass is 9.90. The van der Waals surface area contributed by atoms with Crippen molar-refractivity contribution in [1.82, 2.24) is 19.6 Å². The van der Waals surface area contributed by atoms with E-state index in [0.29, 0.717) is 12.4 Å². The highest BCUT2D eigenvalue weighted by Crippen LogP contribution is 2.42. The summed E-state index contributed by atoms with van der Waals surface area (Å²) in [6, 6.07) is 6.58. The Balaban J connectivity index is 1.60. The third-order valence-corrected chi connectivity index (χ3v) is 8.37. The van der Waals surface area contributed by atoms with Gasteiger partial charge in [-0.1, -0.05) is 42.6 Å². The topological polar surface area (TPSA) is 52.3 Å². The Morgan fingerprint density at radius 1 is 1.23 bits per heavy atom. The van der Waals surface area contributed by atoms with Crippen LogP contribution in [0.25, 0.3) is 15.9 Å². The number of benzene rings is 1. The first kappa shape index (κ1) is 20.2. The third kappa shape index (κ3) is 3.41. The van der Waals surface area contributed by atoms with E-state index in [1.54, 1.807) is 47.0 Å². The lowest BCUT2D eigenvalue weighted by Gasteiger charge is -2.32. The second-order valence-corrected chi connectivity index (χ2v) is 10.4.